The zero-order valence-electron chi connectivity index (χ0n) is 51.6. The van der Waals surface area contributed by atoms with Gasteiger partial charge in [-0.2, -0.15) is 8.42 Å². The average molecular weight is 1350 g/mol. The van der Waals surface area contributed by atoms with Crippen LogP contribution in [0.3, 0.4) is 0 Å². The molecule has 93 heavy (non-hydrogen) atoms. The zero-order chi connectivity index (χ0) is 65.6. The van der Waals surface area contributed by atoms with Gasteiger partial charge >= 0.3 is 86.3 Å². The molecule has 3 heterocycles. The molecule has 3 aliphatic heterocycles. The fourth-order valence-electron chi connectivity index (χ4n) is 13.0. The van der Waals surface area contributed by atoms with Crippen molar-refractivity contribution in [1.82, 2.24) is 9.80 Å². The summed E-state index contributed by atoms with van der Waals surface area (Å²) in [6, 6.07) is 22.9. The summed E-state index contributed by atoms with van der Waals surface area (Å²) < 4.78 is 87.2. The van der Waals surface area contributed by atoms with Gasteiger partial charge < -0.3 is 43.4 Å². The Morgan fingerprint density at radius 1 is 0.516 bits per heavy atom. The number of carboxylic acids is 1. The molecule has 4 aliphatic carbocycles. The minimum Gasteiger partial charge on any atom is -0.508 e. The van der Waals surface area contributed by atoms with E-state index in [0.29, 0.717) is 113 Å². The summed E-state index contributed by atoms with van der Waals surface area (Å²) in [5, 5.41) is 29.2. The van der Waals surface area contributed by atoms with Crippen molar-refractivity contribution in [3.63, 3.8) is 0 Å². The number of aromatic hydroxyl groups is 2. The molecule has 1 saturated heterocycles. The maximum atomic E-state index is 13.9. The summed E-state index contributed by atoms with van der Waals surface area (Å²) in [4.78, 5) is 80.1. The van der Waals surface area contributed by atoms with Crippen LogP contribution in [0.2, 0.25) is 0 Å². The summed E-state index contributed by atoms with van der Waals surface area (Å²) in [5.41, 5.74) is 17.9. The van der Waals surface area contributed by atoms with E-state index in [9.17, 15) is 47.4 Å². The second kappa shape index (κ2) is 32.0. The van der Waals surface area contributed by atoms with E-state index in [1.165, 1.54) is 27.9 Å². The number of carbonyl (C=O) groups is 6. The van der Waals surface area contributed by atoms with E-state index in [4.69, 9.17) is 39.8 Å². The molecule has 7 aliphatic rings. The maximum absolute atomic E-state index is 13.9. The topological polar surface area (TPSA) is 334 Å². The molecule has 0 saturated carbocycles. The summed E-state index contributed by atoms with van der Waals surface area (Å²) in [6.45, 7) is 11.1. The van der Waals surface area contributed by atoms with Crippen LogP contribution in [0.4, 0.5) is 0 Å². The van der Waals surface area contributed by atoms with Gasteiger partial charge in [-0.3, -0.25) is 38.0 Å². The number of ketones is 1. The van der Waals surface area contributed by atoms with Crippen molar-refractivity contribution < 1.29 is 151 Å². The predicted octanol–water partition coefficient (Wildman–Crippen LogP) is 2.22. The number of aliphatic carboxylic acids is 1. The molecule has 0 bridgehead atoms. The van der Waals surface area contributed by atoms with Crippen LogP contribution >= 0.6 is 0 Å². The first kappa shape index (κ1) is 73.5. The van der Waals surface area contributed by atoms with Gasteiger partial charge in [-0.1, -0.05) is 24.3 Å². The number of phenols is 2. The number of rotatable bonds is 14. The Kier molecular flexibility index (Phi) is 25.3. The zero-order valence-corrected chi connectivity index (χ0v) is 58.0. The number of Topliss-reactive ketones (excluding diaryl/α,β-unsaturated/α-hetero) is 1. The Morgan fingerprint density at radius 2 is 0.839 bits per heavy atom. The number of amides is 4. The minimum atomic E-state index is -3.11. The molecule has 6 aromatic carbocycles. The Morgan fingerprint density at radius 3 is 1.12 bits per heavy atom. The normalized spacial score (nSPS) is 14.8. The largest absolute Gasteiger partial charge is 1.00 e. The SMILES string of the molecule is O=C(O)CCCN1C(=O)c2c3c(c4c(c2C1=O)CCc1cc(O)ccc1-4)-c1ccc(O)cc1CC3.O=S(=O)=O.O=S(=O)=O.O=S1(=O)CCCO1.[CH2-]CCOc1ccc2c(c1)CCc1c3c(c4c(c1-2)-c1ccc(OCC[CH2-])cc1CC4)C(=O)N(CCCC(C)=O)C3=O.[Na+].[Na+]. The van der Waals surface area contributed by atoms with E-state index >= 15 is 0 Å². The van der Waals surface area contributed by atoms with Crippen molar-refractivity contribution in [2.24, 2.45) is 0 Å². The fraction of sp³-hybridized carbons (Fsp3) is 0.333. The van der Waals surface area contributed by atoms with Gasteiger partial charge in [-0.15, -0.1) is 38.1 Å². The van der Waals surface area contributed by atoms with E-state index in [1.54, 1.807) is 24.3 Å². The van der Waals surface area contributed by atoms with E-state index < -0.39 is 37.3 Å². The summed E-state index contributed by atoms with van der Waals surface area (Å²) >= 11 is 0. The Hall–Kier alpha value is -6.91. The van der Waals surface area contributed by atoms with E-state index in [1.807, 2.05) is 24.3 Å². The number of fused-ring (bicyclic) bond motifs is 20. The maximum Gasteiger partial charge on any atom is 1.00 e. The molecular weight excluding hydrogens is 1280 g/mol. The van der Waals surface area contributed by atoms with Crippen LogP contribution in [0.5, 0.6) is 23.0 Å². The summed E-state index contributed by atoms with van der Waals surface area (Å²) in [5.74, 6) is 0.143. The molecule has 0 radical (unpaired) electrons. The van der Waals surface area contributed by atoms with Crippen LogP contribution in [-0.2, 0) is 96.5 Å². The third kappa shape index (κ3) is 16.3. The number of carbonyl (C=O) groups excluding carboxylic acids is 5. The van der Waals surface area contributed by atoms with Crippen molar-refractivity contribution in [2.75, 3.05) is 38.7 Å². The van der Waals surface area contributed by atoms with Gasteiger partial charge in [0, 0.05) is 25.9 Å². The van der Waals surface area contributed by atoms with Crippen molar-refractivity contribution in [2.45, 2.75) is 103 Å². The van der Waals surface area contributed by atoms with Crippen molar-refractivity contribution >= 4 is 66.7 Å². The molecule has 13 rings (SSSR count). The van der Waals surface area contributed by atoms with Gasteiger partial charge in [0.1, 0.15) is 28.8 Å². The second-order valence-corrected chi connectivity index (χ2v) is 24.9. The number of benzene rings is 6. The van der Waals surface area contributed by atoms with E-state index in [-0.39, 0.29) is 132 Å². The van der Waals surface area contributed by atoms with Crippen molar-refractivity contribution in [1.29, 1.82) is 0 Å². The first-order chi connectivity index (χ1) is 43.4. The smallest absolute Gasteiger partial charge is 0.508 e. The predicted molar refractivity (Wildman–Crippen MR) is 330 cm³/mol. The molecule has 22 nitrogen and oxygen atoms in total. The molecule has 3 N–H and O–H groups in total. The van der Waals surface area contributed by atoms with Crippen molar-refractivity contribution in [3.8, 4) is 67.5 Å². The Bertz CT molecular complexity index is 4110. The minimum absolute atomic E-state index is 0. The second-order valence-electron chi connectivity index (χ2n) is 22.3. The van der Waals surface area contributed by atoms with Gasteiger partial charge in [-0.25, -0.2) is 0 Å². The van der Waals surface area contributed by atoms with Gasteiger partial charge in [0.05, 0.1) is 47.8 Å². The van der Waals surface area contributed by atoms with Crippen molar-refractivity contribution in [3.05, 3.63) is 153 Å². The number of aryl methyl sites for hydroxylation is 4. The molecule has 0 unspecified atom stereocenters. The van der Waals surface area contributed by atoms with Crippen LogP contribution in [0.15, 0.2) is 72.8 Å². The molecule has 0 aromatic heterocycles. The third-order valence-corrected chi connectivity index (χ3v) is 17.9. The number of imide groups is 2. The monoisotopic (exact) mass is 1350 g/mol. The number of phenolic OH excluding ortho intramolecular Hbond substituents is 2. The van der Waals surface area contributed by atoms with Gasteiger partial charge in [0.25, 0.3) is 33.7 Å². The van der Waals surface area contributed by atoms with E-state index in [2.05, 4.69) is 42.3 Å². The molecular formula is C66H64N2Na2O20S3. The van der Waals surface area contributed by atoms with Crippen LogP contribution in [-0.4, -0.2) is 133 Å². The molecule has 478 valence electrons. The molecule has 4 amide bonds. The van der Waals surface area contributed by atoms with Crippen LogP contribution in [0, 0.1) is 13.8 Å². The fourth-order valence-corrected chi connectivity index (χ4v) is 14.0. The third-order valence-electron chi connectivity index (χ3n) is 16.5. The van der Waals surface area contributed by atoms with Crippen LogP contribution < -0.4 is 68.6 Å². The first-order valence-electron chi connectivity index (χ1n) is 29.5. The number of ether oxygens (including phenoxy) is 2. The van der Waals surface area contributed by atoms with Crippen LogP contribution in [0.1, 0.15) is 138 Å². The van der Waals surface area contributed by atoms with E-state index in [0.717, 1.165) is 102 Å². The Labute approximate surface area is 584 Å². The molecule has 6 aromatic rings. The number of carboxylic acid groups (broad SMARTS) is 1. The van der Waals surface area contributed by atoms with Crippen LogP contribution in [0.25, 0.3) is 44.5 Å². The molecule has 0 atom stereocenters. The van der Waals surface area contributed by atoms with Gasteiger partial charge in [0.15, 0.2) is 0 Å². The summed E-state index contributed by atoms with van der Waals surface area (Å²) in [7, 11) is -9.27. The quantitative estimate of drug-likeness (QED) is 0.0609. The molecule has 0 spiro atoms. The molecule has 27 heteroatoms. The first-order valence-corrected chi connectivity index (χ1v) is 33.1. The number of nitrogens with zero attached hydrogens (tertiary/aromatic N) is 2. The standard InChI is InChI=1S/C35H35NO5.C28H23NO6.C3H6O3S.2Na.2O3S/c1-4-17-40-24-10-14-26-22(19-24)8-12-28-30(26)31-27-15-11-25(41-18-5-2)20-23(27)9-13-29(31)33-32(28)34(38)36(35(33)39)16-6-7-21(3)37;30-16-5-9-18-14(12-16)3-7-20-23(18)24-19-10-6-17(31)13-15(19)4-8-21(24)26-25(20)27(34)29(28(26)35)11-1-2-22(32)33;4-7(5)3-1-2-6-7;;;2*1-4(2)3/h10-11,14-15,19-20H,1-2,4-9,12-13,16-18H2,3H3;5-6,9-10,12-13,30-31H,1-4,7-8,11H2,(H,32,33);1-3H2;;;;/q-2;;;2*+1;;. The van der Waals surface area contributed by atoms with Gasteiger partial charge in [0.2, 0.25) is 0 Å². The number of hydrogen-bond acceptors (Lipinski definition) is 19. The Balaban J connectivity index is 0.000000213. The molecule has 1 fully saturated rings. The summed E-state index contributed by atoms with van der Waals surface area (Å²) in [6.07, 6.45) is 8.15. The van der Waals surface area contributed by atoms with Gasteiger partial charge in [-0.05, 0) is 215 Å². The average Bonchev–Trinajstić information content (AvgIpc) is 1.68. The number of hydrogen-bond donors (Lipinski definition) is 3.